The first-order chi connectivity index (χ1) is 22.3. The molecule has 47 heavy (non-hydrogen) atoms. The Morgan fingerprint density at radius 3 is 2.36 bits per heavy atom. The van der Waals surface area contributed by atoms with Crippen molar-refractivity contribution in [3.05, 3.63) is 0 Å². The number of aliphatic hydroxyl groups excluding tert-OH is 1. The number of hydrogen-bond acceptors (Lipinski definition) is 7. The van der Waals surface area contributed by atoms with Crippen LogP contribution in [-0.2, 0) is 28.8 Å². The van der Waals surface area contributed by atoms with Crippen LogP contribution in [0.1, 0.15) is 131 Å². The summed E-state index contributed by atoms with van der Waals surface area (Å²) in [6, 6.07) is 0. The second-order valence-electron chi connectivity index (χ2n) is 18.7. The molecule has 0 aromatic rings. The SMILES string of the molecule is C[C@H]1[C@@H](O[C@@H]2CC[C@]3(C)[C@H]4CC[C@]5(C)[C@@H]([C@H](C)CCC(=O)O)CC[C@H]5[C@@H]4C[C@H](O)[C@@H]3C2)O[C@@H]2O[C@]3(C)CC[C@H]4[C@H](C)CC[C@@H]1[C@@]24OO3. The summed E-state index contributed by atoms with van der Waals surface area (Å²) in [7, 11) is 0. The van der Waals surface area contributed by atoms with Gasteiger partial charge in [-0.1, -0.05) is 34.6 Å². The third-order valence-electron chi connectivity index (χ3n) is 16.6. The Balaban J connectivity index is 0.962. The number of aliphatic hydroxyl groups is 1. The largest absolute Gasteiger partial charge is 0.481 e. The molecule has 0 radical (unpaired) electrons. The molecule has 0 aromatic carbocycles. The van der Waals surface area contributed by atoms with Gasteiger partial charge in [-0.15, -0.1) is 0 Å². The van der Waals surface area contributed by atoms with E-state index in [4.69, 9.17) is 24.0 Å². The number of carboxylic acid groups (broad SMARTS) is 1. The molecule has 4 saturated heterocycles. The van der Waals surface area contributed by atoms with Gasteiger partial charge in [0.15, 0.2) is 18.2 Å². The maximum atomic E-state index is 11.9. The van der Waals surface area contributed by atoms with Crippen molar-refractivity contribution >= 4 is 5.97 Å². The van der Waals surface area contributed by atoms with Gasteiger partial charge in [0.25, 0.3) is 0 Å². The molecule has 2 N–H and O–H groups in total. The average Bonchev–Trinajstić information content (AvgIpc) is 3.22. The minimum atomic E-state index is -0.788. The van der Waals surface area contributed by atoms with Crippen LogP contribution in [0.2, 0.25) is 0 Å². The van der Waals surface area contributed by atoms with E-state index in [0.717, 1.165) is 51.4 Å². The van der Waals surface area contributed by atoms with Crippen molar-refractivity contribution in [2.45, 2.75) is 168 Å². The van der Waals surface area contributed by atoms with E-state index < -0.39 is 23.6 Å². The van der Waals surface area contributed by atoms with Crippen LogP contribution >= 0.6 is 0 Å². The molecule has 266 valence electrons. The van der Waals surface area contributed by atoms with Gasteiger partial charge in [-0.25, -0.2) is 9.78 Å². The summed E-state index contributed by atoms with van der Waals surface area (Å²) in [4.78, 5) is 23.7. The molecular weight excluding hydrogens is 596 g/mol. The van der Waals surface area contributed by atoms with Crippen molar-refractivity contribution in [1.82, 2.24) is 0 Å². The quantitative estimate of drug-likeness (QED) is 0.221. The summed E-state index contributed by atoms with van der Waals surface area (Å²) in [5, 5.41) is 21.3. The summed E-state index contributed by atoms with van der Waals surface area (Å²) >= 11 is 0. The summed E-state index contributed by atoms with van der Waals surface area (Å²) in [5.41, 5.74) is -0.194. The minimum Gasteiger partial charge on any atom is -0.481 e. The van der Waals surface area contributed by atoms with Crippen LogP contribution in [0.4, 0.5) is 0 Å². The molecule has 8 heteroatoms. The highest BCUT2D eigenvalue weighted by Crippen LogP contribution is 2.69. The number of fused-ring (bicyclic) bond motifs is 7. The highest BCUT2D eigenvalue weighted by atomic mass is 17.3. The van der Waals surface area contributed by atoms with Crippen LogP contribution in [0.5, 0.6) is 0 Å². The summed E-state index contributed by atoms with van der Waals surface area (Å²) in [6.45, 7) is 13.9. The lowest BCUT2D eigenvalue weighted by molar-refractivity contribution is -0.578. The van der Waals surface area contributed by atoms with E-state index in [0.29, 0.717) is 41.4 Å². The maximum Gasteiger partial charge on any atom is 0.303 e. The first kappa shape index (κ1) is 33.4. The zero-order valence-corrected chi connectivity index (χ0v) is 29.8. The Morgan fingerprint density at radius 1 is 0.851 bits per heavy atom. The molecule has 9 rings (SSSR count). The predicted molar refractivity (Wildman–Crippen MR) is 174 cm³/mol. The molecule has 9 fully saturated rings. The maximum absolute atomic E-state index is 11.9. The first-order valence-electron chi connectivity index (χ1n) is 19.5. The molecule has 4 aliphatic heterocycles. The molecule has 0 unspecified atom stereocenters. The van der Waals surface area contributed by atoms with Gasteiger partial charge in [0.05, 0.1) is 12.2 Å². The van der Waals surface area contributed by atoms with Crippen molar-refractivity contribution in [1.29, 1.82) is 0 Å². The fraction of sp³-hybridized carbons (Fsp3) is 0.974. The molecule has 5 saturated carbocycles. The number of ether oxygens (including phenoxy) is 3. The van der Waals surface area contributed by atoms with Gasteiger partial charge in [0.1, 0.15) is 0 Å². The molecule has 0 amide bonds. The molecule has 9 aliphatic rings. The Hall–Kier alpha value is -0.770. The van der Waals surface area contributed by atoms with Crippen LogP contribution < -0.4 is 0 Å². The van der Waals surface area contributed by atoms with Crippen molar-refractivity contribution < 1.29 is 39.0 Å². The molecule has 0 aromatic heterocycles. The Morgan fingerprint density at radius 2 is 1.57 bits per heavy atom. The molecule has 8 nitrogen and oxygen atoms in total. The fourth-order valence-corrected chi connectivity index (χ4v) is 14.1. The smallest absolute Gasteiger partial charge is 0.303 e. The van der Waals surface area contributed by atoms with E-state index in [1.54, 1.807) is 0 Å². The minimum absolute atomic E-state index is 0.0645. The standard InChI is InChI=1S/C39H62O8/c1-21(8-12-33(41)42)26-10-11-29-25-20-32(40)31-19-24(13-16-37(31,5)30(25)14-17-36(26,29)4)43-34-23(3)28-9-7-22(2)27-15-18-38(6)45-35(44-34)39(27,28)47-46-38/h21-32,34-35,40H,7-20H2,1-6H3,(H,41,42)/t21-,22-,23-,24-,25+,26-,27+,28+,29+,30+,31+,32+,34+,35-,36-,37-,38+,39-/m1/s1. The first-order valence-corrected chi connectivity index (χ1v) is 19.5. The highest BCUT2D eigenvalue weighted by Gasteiger charge is 2.70. The predicted octanol–water partition coefficient (Wildman–Crippen LogP) is 7.71. The highest BCUT2D eigenvalue weighted by molar-refractivity contribution is 5.66. The van der Waals surface area contributed by atoms with Crippen LogP contribution in [0.25, 0.3) is 0 Å². The van der Waals surface area contributed by atoms with Crippen molar-refractivity contribution in [2.24, 2.45) is 70.0 Å². The average molecular weight is 659 g/mol. The lowest BCUT2D eigenvalue weighted by Crippen LogP contribution is -2.70. The van der Waals surface area contributed by atoms with Gasteiger partial charge in [0.2, 0.25) is 5.79 Å². The van der Waals surface area contributed by atoms with Gasteiger partial charge in [-0.05, 0) is 142 Å². The zero-order chi connectivity index (χ0) is 33.1. The second-order valence-corrected chi connectivity index (χ2v) is 18.7. The Labute approximate surface area is 282 Å². The molecule has 2 bridgehead atoms. The van der Waals surface area contributed by atoms with Crippen LogP contribution in [0.15, 0.2) is 0 Å². The van der Waals surface area contributed by atoms with Crippen LogP contribution in [0.3, 0.4) is 0 Å². The normalized spacial score (nSPS) is 57.2. The number of aliphatic carboxylic acids is 1. The van der Waals surface area contributed by atoms with Gasteiger partial charge < -0.3 is 24.4 Å². The van der Waals surface area contributed by atoms with E-state index in [9.17, 15) is 15.0 Å². The number of carbonyl (C=O) groups is 1. The van der Waals surface area contributed by atoms with Crippen LogP contribution in [-0.4, -0.2) is 52.4 Å². The molecule has 18 atom stereocenters. The van der Waals surface area contributed by atoms with E-state index in [1.165, 1.54) is 32.1 Å². The lowest BCUT2D eigenvalue weighted by atomic mass is 9.43. The zero-order valence-electron chi connectivity index (χ0n) is 29.8. The topological polar surface area (TPSA) is 104 Å². The van der Waals surface area contributed by atoms with E-state index in [-0.39, 0.29) is 53.5 Å². The van der Waals surface area contributed by atoms with Gasteiger partial charge in [0, 0.05) is 24.7 Å². The van der Waals surface area contributed by atoms with E-state index in [2.05, 4.69) is 34.6 Å². The van der Waals surface area contributed by atoms with Gasteiger partial charge >= 0.3 is 5.97 Å². The molecule has 1 spiro atoms. The third-order valence-corrected chi connectivity index (χ3v) is 16.6. The van der Waals surface area contributed by atoms with E-state index >= 15 is 0 Å². The summed E-state index contributed by atoms with van der Waals surface area (Å²) in [6.07, 6.45) is 12.8. The fourth-order valence-electron chi connectivity index (χ4n) is 14.1. The van der Waals surface area contributed by atoms with Gasteiger partial charge in [-0.3, -0.25) is 4.79 Å². The number of rotatable bonds is 6. The second kappa shape index (κ2) is 11.6. The monoisotopic (exact) mass is 658 g/mol. The third kappa shape index (κ3) is 4.98. The van der Waals surface area contributed by atoms with Crippen molar-refractivity contribution in [3.8, 4) is 0 Å². The van der Waals surface area contributed by atoms with Gasteiger partial charge in [-0.2, -0.15) is 0 Å². The van der Waals surface area contributed by atoms with Crippen molar-refractivity contribution in [2.75, 3.05) is 0 Å². The number of carboxylic acids is 1. The Bertz CT molecular complexity index is 1210. The Kier molecular flexibility index (Phi) is 8.26. The molecular formula is C39H62O8. The molecule has 4 heterocycles. The van der Waals surface area contributed by atoms with Crippen LogP contribution in [0, 0.1) is 70.0 Å². The number of hydrogen-bond donors (Lipinski definition) is 2. The summed E-state index contributed by atoms with van der Waals surface area (Å²) < 4.78 is 20.4. The molecule has 5 aliphatic carbocycles. The van der Waals surface area contributed by atoms with E-state index in [1.807, 2.05) is 6.92 Å². The lowest BCUT2D eigenvalue weighted by Gasteiger charge is -2.63. The van der Waals surface area contributed by atoms with Crippen molar-refractivity contribution in [3.63, 3.8) is 0 Å². The summed E-state index contributed by atoms with van der Waals surface area (Å²) in [5.74, 6) is 2.93.